The predicted molar refractivity (Wildman–Crippen MR) is 138 cm³/mol. The third kappa shape index (κ3) is 3.12. The molecule has 5 aliphatic rings. The summed E-state index contributed by atoms with van der Waals surface area (Å²) >= 11 is 0. The van der Waals surface area contributed by atoms with Crippen LogP contribution in [0, 0.1) is 68.0 Å². The van der Waals surface area contributed by atoms with E-state index in [2.05, 4.69) is 33.8 Å². The van der Waals surface area contributed by atoms with Crippen LogP contribution in [0.15, 0.2) is 11.6 Å². The maximum Gasteiger partial charge on any atom is 0.178 e. The van der Waals surface area contributed by atoms with E-state index in [1.165, 1.54) is 25.7 Å². The Hall–Kier alpha value is -1.47. The van der Waals surface area contributed by atoms with Crippen molar-refractivity contribution in [1.82, 2.24) is 0 Å². The van der Waals surface area contributed by atoms with Crippen molar-refractivity contribution >= 4 is 11.6 Å². The maximum absolute atomic E-state index is 13.8. The summed E-state index contributed by atoms with van der Waals surface area (Å²) in [5, 5.41) is 9.90. The van der Waals surface area contributed by atoms with Gasteiger partial charge in [-0.1, -0.05) is 54.0 Å². The average Bonchev–Trinajstić information content (AvgIpc) is 2.90. The van der Waals surface area contributed by atoms with Gasteiger partial charge in [0.05, 0.1) is 5.57 Å². The standard InChI is InChI=1S/C31H46N2O2/c1-19-7-10-31(18-33)12-11-29(5)22(23(31)13-19)14-21(34)15-25-28(4)16-20(17-32)26(35)27(2,3)24(28)8-9-30(25,29)6/h16,19,22-25H,7-15,18,33H2,1-6H3/t19-,22?,23?,24?,25?,28-,29+,30+,31?/m0/s1. The molecule has 192 valence electrons. The summed E-state index contributed by atoms with van der Waals surface area (Å²) in [6.45, 7) is 14.5. The maximum atomic E-state index is 13.8. The summed E-state index contributed by atoms with van der Waals surface area (Å²) < 4.78 is 0. The van der Waals surface area contributed by atoms with Crippen molar-refractivity contribution in [3.63, 3.8) is 0 Å². The van der Waals surface area contributed by atoms with Gasteiger partial charge < -0.3 is 5.73 Å². The Bertz CT molecular complexity index is 1020. The zero-order valence-corrected chi connectivity index (χ0v) is 22.9. The largest absolute Gasteiger partial charge is 0.330 e. The lowest BCUT2D eigenvalue weighted by molar-refractivity contribution is -0.189. The molecule has 5 rings (SSSR count). The zero-order valence-electron chi connectivity index (χ0n) is 22.9. The number of nitriles is 1. The van der Waals surface area contributed by atoms with E-state index in [0.29, 0.717) is 42.0 Å². The highest BCUT2D eigenvalue weighted by atomic mass is 16.1. The van der Waals surface area contributed by atoms with Gasteiger partial charge in [-0.3, -0.25) is 9.59 Å². The second-order valence-corrected chi connectivity index (χ2v) is 14.7. The van der Waals surface area contributed by atoms with Gasteiger partial charge in [0, 0.05) is 18.3 Å². The number of nitrogens with zero attached hydrogens (tertiary/aromatic N) is 1. The van der Waals surface area contributed by atoms with E-state index in [0.717, 1.165) is 25.8 Å². The van der Waals surface area contributed by atoms with Crippen molar-refractivity contribution < 1.29 is 9.59 Å². The molecule has 5 aliphatic carbocycles. The van der Waals surface area contributed by atoms with Crippen LogP contribution in [0.1, 0.15) is 99.3 Å². The molecule has 2 N–H and O–H groups in total. The van der Waals surface area contributed by atoms with E-state index < -0.39 is 5.41 Å². The first-order chi connectivity index (χ1) is 16.3. The van der Waals surface area contributed by atoms with E-state index in [1.807, 2.05) is 19.9 Å². The van der Waals surface area contributed by atoms with Crippen LogP contribution >= 0.6 is 0 Å². The predicted octanol–water partition coefficient (Wildman–Crippen LogP) is 6.24. The van der Waals surface area contributed by atoms with Gasteiger partial charge in [0.2, 0.25) is 0 Å². The Morgan fingerprint density at radius 2 is 1.66 bits per heavy atom. The van der Waals surface area contributed by atoms with Crippen LogP contribution in [0.3, 0.4) is 0 Å². The average molecular weight is 479 g/mol. The molecule has 4 nitrogen and oxygen atoms in total. The first kappa shape index (κ1) is 25.2. The minimum absolute atomic E-state index is 0.00987. The van der Waals surface area contributed by atoms with Crippen molar-refractivity contribution in [2.24, 2.45) is 62.4 Å². The van der Waals surface area contributed by atoms with Crippen molar-refractivity contribution in [1.29, 1.82) is 5.26 Å². The monoisotopic (exact) mass is 478 g/mol. The van der Waals surface area contributed by atoms with Gasteiger partial charge in [0.1, 0.15) is 11.9 Å². The molecule has 0 aromatic carbocycles. The summed E-state index contributed by atoms with van der Waals surface area (Å²) in [4.78, 5) is 27.1. The fraction of sp³-hybridized carbons (Fsp3) is 0.839. The number of hydrogen-bond donors (Lipinski definition) is 1. The van der Waals surface area contributed by atoms with Crippen LogP contribution in [0.4, 0.5) is 0 Å². The van der Waals surface area contributed by atoms with Gasteiger partial charge in [-0.15, -0.1) is 0 Å². The van der Waals surface area contributed by atoms with Gasteiger partial charge in [-0.2, -0.15) is 5.26 Å². The van der Waals surface area contributed by atoms with Gasteiger partial charge >= 0.3 is 0 Å². The SMILES string of the molecule is C[C@H]1CCC2(CN)CC[C@]3(C)C(CC(=O)CC4[C@@]5(C)C=C(C#N)C(=O)C(C)(C)C5CC[C@]43C)C2C1. The second-order valence-electron chi connectivity index (χ2n) is 14.7. The molecule has 4 fully saturated rings. The van der Waals surface area contributed by atoms with E-state index >= 15 is 0 Å². The van der Waals surface area contributed by atoms with E-state index in [1.54, 1.807) is 0 Å². The minimum atomic E-state index is -0.578. The fourth-order valence-corrected chi connectivity index (χ4v) is 10.8. The summed E-state index contributed by atoms with van der Waals surface area (Å²) in [5.74, 6) is 2.28. The number of Topliss-reactive ketones (excluding diaryl/α,β-unsaturated/α-hetero) is 2. The summed E-state index contributed by atoms with van der Waals surface area (Å²) in [5.41, 5.74) is 6.17. The lowest BCUT2D eigenvalue weighted by Gasteiger charge is -2.68. The molecule has 0 aliphatic heterocycles. The smallest absolute Gasteiger partial charge is 0.178 e. The number of nitrogens with two attached hydrogens (primary N) is 1. The minimum Gasteiger partial charge on any atom is -0.330 e. The Morgan fingerprint density at radius 3 is 2.31 bits per heavy atom. The molecule has 35 heavy (non-hydrogen) atoms. The number of ketones is 2. The first-order valence-corrected chi connectivity index (χ1v) is 14.2. The highest BCUT2D eigenvalue weighted by molar-refractivity contribution is 6.04. The van der Waals surface area contributed by atoms with Crippen LogP contribution in [-0.4, -0.2) is 18.1 Å². The molecule has 9 atom stereocenters. The quantitative estimate of drug-likeness (QED) is 0.483. The fourth-order valence-electron chi connectivity index (χ4n) is 10.8. The Kier molecular flexibility index (Phi) is 5.59. The first-order valence-electron chi connectivity index (χ1n) is 14.2. The van der Waals surface area contributed by atoms with E-state index in [9.17, 15) is 14.9 Å². The number of carbonyl (C=O) groups excluding carboxylic acids is 2. The molecule has 4 heteroatoms. The topological polar surface area (TPSA) is 83.9 Å². The van der Waals surface area contributed by atoms with Crippen LogP contribution in [0.25, 0.3) is 0 Å². The number of fused-ring (bicyclic) bond motifs is 7. The summed E-state index contributed by atoms with van der Waals surface area (Å²) in [6.07, 6.45) is 11.3. The molecule has 5 unspecified atom stereocenters. The van der Waals surface area contributed by atoms with Gasteiger partial charge in [-0.05, 0) is 96.3 Å². The Labute approximate surface area is 212 Å². The lowest BCUT2D eigenvalue weighted by Crippen LogP contribution is -2.63. The molecule has 0 saturated heterocycles. The molecule has 0 spiro atoms. The van der Waals surface area contributed by atoms with Crippen LogP contribution in [-0.2, 0) is 9.59 Å². The highest BCUT2D eigenvalue weighted by Gasteiger charge is 2.69. The van der Waals surface area contributed by atoms with Gasteiger partial charge in [0.15, 0.2) is 5.78 Å². The Balaban J connectivity index is 1.65. The molecule has 0 aromatic heterocycles. The number of rotatable bonds is 1. The molecule has 0 bridgehead atoms. The molecule has 0 aromatic rings. The van der Waals surface area contributed by atoms with Crippen LogP contribution in [0.5, 0.6) is 0 Å². The molecular formula is C31H46N2O2. The van der Waals surface area contributed by atoms with Crippen molar-refractivity contribution in [2.75, 3.05) is 6.54 Å². The van der Waals surface area contributed by atoms with Crippen LogP contribution < -0.4 is 5.73 Å². The molecule has 0 radical (unpaired) electrons. The number of allylic oxidation sites excluding steroid dienone is 2. The summed E-state index contributed by atoms with van der Waals surface area (Å²) in [7, 11) is 0. The van der Waals surface area contributed by atoms with E-state index in [4.69, 9.17) is 5.73 Å². The highest BCUT2D eigenvalue weighted by Crippen LogP contribution is 2.74. The van der Waals surface area contributed by atoms with E-state index in [-0.39, 0.29) is 39.3 Å². The normalized spacial score (nSPS) is 51.0. The number of hydrogen-bond acceptors (Lipinski definition) is 4. The van der Waals surface area contributed by atoms with Gasteiger partial charge in [-0.25, -0.2) is 0 Å². The third-order valence-corrected chi connectivity index (χ3v) is 13.1. The second kappa shape index (κ2) is 7.77. The Morgan fingerprint density at radius 1 is 0.943 bits per heavy atom. The molecular weight excluding hydrogens is 432 g/mol. The number of carbonyl (C=O) groups is 2. The van der Waals surface area contributed by atoms with Crippen LogP contribution in [0.2, 0.25) is 0 Å². The molecule has 4 saturated carbocycles. The lowest BCUT2D eigenvalue weighted by atomic mass is 9.36. The summed E-state index contributed by atoms with van der Waals surface area (Å²) in [6, 6.07) is 2.24. The van der Waals surface area contributed by atoms with Crippen molar-refractivity contribution in [2.45, 2.75) is 99.3 Å². The zero-order chi connectivity index (χ0) is 25.6. The van der Waals surface area contributed by atoms with Gasteiger partial charge in [0.25, 0.3) is 0 Å². The van der Waals surface area contributed by atoms with Crippen molar-refractivity contribution in [3.8, 4) is 6.07 Å². The third-order valence-electron chi connectivity index (χ3n) is 13.1. The van der Waals surface area contributed by atoms with Crippen molar-refractivity contribution in [3.05, 3.63) is 11.6 Å². The molecule has 0 amide bonds. The molecule has 0 heterocycles.